The summed E-state index contributed by atoms with van der Waals surface area (Å²) in [6, 6.07) is 4.14. The Kier molecular flexibility index (Phi) is 3.81. The number of hydrogen-bond acceptors (Lipinski definition) is 4. The highest BCUT2D eigenvalue weighted by molar-refractivity contribution is 6.32. The third-order valence-corrected chi connectivity index (χ3v) is 2.82. The molecule has 0 saturated carbocycles. The van der Waals surface area contributed by atoms with Crippen molar-refractivity contribution in [1.29, 1.82) is 0 Å². The molecule has 0 N–H and O–H groups in total. The molecule has 5 nitrogen and oxygen atoms in total. The van der Waals surface area contributed by atoms with Crippen molar-refractivity contribution >= 4 is 17.3 Å². The standard InChI is InChI=1S/C11H12ClNO4/c12-9-7-8(13(14)15)4-5-10(9)17-11-3-1-2-6-16-11/h4-5,7,11H,1-3,6H2/t11-/m0/s1. The van der Waals surface area contributed by atoms with Gasteiger partial charge in [-0.3, -0.25) is 10.1 Å². The zero-order valence-corrected chi connectivity index (χ0v) is 9.85. The normalized spacial score (nSPS) is 19.9. The van der Waals surface area contributed by atoms with Crippen LogP contribution in [0.25, 0.3) is 0 Å². The topological polar surface area (TPSA) is 61.6 Å². The number of hydrogen-bond donors (Lipinski definition) is 0. The maximum Gasteiger partial charge on any atom is 0.271 e. The van der Waals surface area contributed by atoms with Gasteiger partial charge in [0.1, 0.15) is 5.75 Å². The van der Waals surface area contributed by atoms with Gasteiger partial charge in [-0.25, -0.2) is 0 Å². The molecule has 2 rings (SSSR count). The van der Waals surface area contributed by atoms with Crippen LogP contribution >= 0.6 is 11.6 Å². The number of nitrogens with zero attached hydrogens (tertiary/aromatic N) is 1. The molecular formula is C11H12ClNO4. The fourth-order valence-electron chi connectivity index (χ4n) is 1.64. The van der Waals surface area contributed by atoms with Gasteiger partial charge in [0.25, 0.3) is 5.69 Å². The van der Waals surface area contributed by atoms with Crippen molar-refractivity contribution in [3.63, 3.8) is 0 Å². The molecule has 1 saturated heterocycles. The van der Waals surface area contributed by atoms with Crippen molar-refractivity contribution in [2.24, 2.45) is 0 Å². The van der Waals surface area contributed by atoms with Crippen LogP contribution in [0.5, 0.6) is 5.75 Å². The first kappa shape index (κ1) is 12.1. The minimum Gasteiger partial charge on any atom is -0.463 e. The Labute approximate surface area is 103 Å². The van der Waals surface area contributed by atoms with E-state index >= 15 is 0 Å². The molecule has 0 aliphatic carbocycles. The summed E-state index contributed by atoms with van der Waals surface area (Å²) in [6.07, 6.45) is 2.60. The van der Waals surface area contributed by atoms with Crippen LogP contribution in [0.1, 0.15) is 19.3 Å². The number of nitro benzene ring substituents is 1. The van der Waals surface area contributed by atoms with E-state index in [1.165, 1.54) is 18.2 Å². The summed E-state index contributed by atoms with van der Waals surface area (Å²) in [5.41, 5.74) is -0.0492. The lowest BCUT2D eigenvalue weighted by Crippen LogP contribution is -2.25. The lowest BCUT2D eigenvalue weighted by atomic mass is 10.2. The molecule has 6 heteroatoms. The SMILES string of the molecule is O=[N+]([O-])c1ccc(O[C@H]2CCCCO2)c(Cl)c1. The van der Waals surface area contributed by atoms with Gasteiger partial charge in [-0.15, -0.1) is 0 Å². The van der Waals surface area contributed by atoms with Crippen LogP contribution in [0.2, 0.25) is 5.02 Å². The van der Waals surface area contributed by atoms with E-state index in [0.29, 0.717) is 12.4 Å². The summed E-state index contributed by atoms with van der Waals surface area (Å²) in [6.45, 7) is 0.676. The van der Waals surface area contributed by atoms with Crippen LogP contribution in [0, 0.1) is 10.1 Å². The molecule has 1 aromatic carbocycles. The van der Waals surface area contributed by atoms with Crippen molar-refractivity contribution in [1.82, 2.24) is 0 Å². The molecule has 1 heterocycles. The first-order valence-corrected chi connectivity index (χ1v) is 5.77. The lowest BCUT2D eigenvalue weighted by molar-refractivity contribution is -0.384. The third kappa shape index (κ3) is 3.08. The van der Waals surface area contributed by atoms with Crippen molar-refractivity contribution in [3.05, 3.63) is 33.3 Å². The monoisotopic (exact) mass is 257 g/mol. The van der Waals surface area contributed by atoms with Crippen LogP contribution in [-0.4, -0.2) is 17.8 Å². The van der Waals surface area contributed by atoms with Crippen LogP contribution < -0.4 is 4.74 Å². The number of rotatable bonds is 3. The third-order valence-electron chi connectivity index (χ3n) is 2.52. The number of ether oxygens (including phenoxy) is 2. The Morgan fingerprint density at radius 1 is 1.47 bits per heavy atom. The minimum atomic E-state index is -0.493. The Bertz CT molecular complexity index is 418. The summed E-state index contributed by atoms with van der Waals surface area (Å²) in [5, 5.41) is 10.8. The average molecular weight is 258 g/mol. The predicted octanol–water partition coefficient (Wildman–Crippen LogP) is 3.15. The first-order chi connectivity index (χ1) is 8.16. The fourth-order valence-corrected chi connectivity index (χ4v) is 1.86. The molecular weight excluding hydrogens is 246 g/mol. The molecule has 0 radical (unpaired) electrons. The molecule has 92 valence electrons. The molecule has 0 amide bonds. The Morgan fingerprint density at radius 2 is 2.29 bits per heavy atom. The lowest BCUT2D eigenvalue weighted by Gasteiger charge is -2.23. The molecule has 1 fully saturated rings. The molecule has 0 aromatic heterocycles. The molecule has 0 spiro atoms. The maximum absolute atomic E-state index is 10.5. The van der Waals surface area contributed by atoms with Gasteiger partial charge >= 0.3 is 0 Å². The van der Waals surface area contributed by atoms with E-state index in [1.54, 1.807) is 0 Å². The second-order valence-electron chi connectivity index (χ2n) is 3.79. The summed E-state index contributed by atoms with van der Waals surface area (Å²) >= 11 is 5.91. The summed E-state index contributed by atoms with van der Waals surface area (Å²) in [5.74, 6) is 0.421. The van der Waals surface area contributed by atoms with Gasteiger partial charge in [0.2, 0.25) is 0 Å². The highest BCUT2D eigenvalue weighted by Crippen LogP contribution is 2.30. The molecule has 1 aliphatic rings. The van der Waals surface area contributed by atoms with Gasteiger partial charge in [-0.2, -0.15) is 0 Å². The van der Waals surface area contributed by atoms with Gasteiger partial charge in [0, 0.05) is 18.6 Å². The smallest absolute Gasteiger partial charge is 0.271 e. The Hall–Kier alpha value is -1.33. The highest BCUT2D eigenvalue weighted by atomic mass is 35.5. The Morgan fingerprint density at radius 3 is 2.88 bits per heavy atom. The van der Waals surface area contributed by atoms with Gasteiger partial charge in [0.15, 0.2) is 6.29 Å². The van der Waals surface area contributed by atoms with Crippen LogP contribution in [0.15, 0.2) is 18.2 Å². The molecule has 1 aliphatic heterocycles. The summed E-state index contributed by atoms with van der Waals surface area (Å²) in [7, 11) is 0. The van der Waals surface area contributed by atoms with Crippen molar-refractivity contribution < 1.29 is 14.4 Å². The first-order valence-electron chi connectivity index (χ1n) is 5.39. The molecule has 0 bridgehead atoms. The highest BCUT2D eigenvalue weighted by Gasteiger charge is 2.18. The zero-order chi connectivity index (χ0) is 12.3. The van der Waals surface area contributed by atoms with E-state index in [9.17, 15) is 10.1 Å². The van der Waals surface area contributed by atoms with Crippen molar-refractivity contribution in [2.75, 3.05) is 6.61 Å². The van der Waals surface area contributed by atoms with Crippen LogP contribution in [0.4, 0.5) is 5.69 Å². The van der Waals surface area contributed by atoms with Crippen molar-refractivity contribution in [3.8, 4) is 5.75 Å². The fraction of sp³-hybridized carbons (Fsp3) is 0.455. The van der Waals surface area contributed by atoms with E-state index < -0.39 is 4.92 Å². The minimum absolute atomic E-state index is 0.0492. The molecule has 1 atom stereocenters. The zero-order valence-electron chi connectivity index (χ0n) is 9.10. The number of halogens is 1. The summed E-state index contributed by atoms with van der Waals surface area (Å²) in [4.78, 5) is 10.0. The van der Waals surface area contributed by atoms with Gasteiger partial charge in [-0.1, -0.05) is 11.6 Å². The van der Waals surface area contributed by atoms with Crippen LogP contribution in [-0.2, 0) is 4.74 Å². The van der Waals surface area contributed by atoms with E-state index in [1.807, 2.05) is 0 Å². The molecule has 17 heavy (non-hydrogen) atoms. The van der Waals surface area contributed by atoms with Crippen molar-refractivity contribution in [2.45, 2.75) is 25.6 Å². The van der Waals surface area contributed by atoms with Crippen LogP contribution in [0.3, 0.4) is 0 Å². The Balaban J connectivity index is 2.08. The van der Waals surface area contributed by atoms with E-state index in [0.717, 1.165) is 19.3 Å². The van der Waals surface area contributed by atoms with Gasteiger partial charge in [-0.05, 0) is 18.9 Å². The van der Waals surface area contributed by atoms with Gasteiger partial charge < -0.3 is 9.47 Å². The molecule has 1 aromatic rings. The largest absolute Gasteiger partial charge is 0.463 e. The van der Waals surface area contributed by atoms with E-state index in [-0.39, 0.29) is 17.0 Å². The quantitative estimate of drug-likeness (QED) is 0.616. The second-order valence-corrected chi connectivity index (χ2v) is 4.19. The number of benzene rings is 1. The van der Waals surface area contributed by atoms with Gasteiger partial charge in [0.05, 0.1) is 16.6 Å². The summed E-state index contributed by atoms with van der Waals surface area (Å²) < 4.78 is 10.9. The molecule has 0 unspecified atom stereocenters. The number of nitro groups is 1. The second kappa shape index (κ2) is 5.33. The average Bonchev–Trinajstić information content (AvgIpc) is 2.33. The predicted molar refractivity (Wildman–Crippen MR) is 62.3 cm³/mol. The number of non-ortho nitro benzene ring substituents is 1. The van der Waals surface area contributed by atoms with E-state index in [2.05, 4.69) is 0 Å². The van der Waals surface area contributed by atoms with E-state index in [4.69, 9.17) is 21.1 Å². The maximum atomic E-state index is 10.5.